The molecule has 1 N–H and O–H groups in total. The Bertz CT molecular complexity index is 1030. The molecule has 0 amide bonds. The molecule has 6 nitrogen and oxygen atoms in total. The van der Waals surface area contributed by atoms with Gasteiger partial charge >= 0.3 is 5.97 Å². The minimum absolute atomic E-state index is 0.0273. The van der Waals surface area contributed by atoms with Crippen LogP contribution in [0.5, 0.6) is 0 Å². The van der Waals surface area contributed by atoms with Crippen LogP contribution in [0, 0.1) is 12.7 Å². The third kappa shape index (κ3) is 3.99. The summed E-state index contributed by atoms with van der Waals surface area (Å²) >= 11 is 0. The highest BCUT2D eigenvalue weighted by Crippen LogP contribution is 2.37. The maximum absolute atomic E-state index is 13.5. The summed E-state index contributed by atoms with van der Waals surface area (Å²) in [6.45, 7) is 8.53. The molecule has 0 saturated heterocycles. The molecule has 0 aliphatic heterocycles. The van der Waals surface area contributed by atoms with Crippen LogP contribution in [0.1, 0.15) is 48.3 Å². The van der Waals surface area contributed by atoms with Gasteiger partial charge in [-0.15, -0.1) is 0 Å². The van der Waals surface area contributed by atoms with Gasteiger partial charge in [-0.1, -0.05) is 26.0 Å². The highest BCUT2D eigenvalue weighted by molar-refractivity contribution is 6.00. The van der Waals surface area contributed by atoms with E-state index in [4.69, 9.17) is 9.72 Å². The summed E-state index contributed by atoms with van der Waals surface area (Å²) in [5, 5.41) is 7.61. The Morgan fingerprint density at radius 2 is 1.93 bits per heavy atom. The van der Waals surface area contributed by atoms with Crippen LogP contribution in [0.2, 0.25) is 0 Å². The Balaban J connectivity index is 2.28. The second-order valence-electron chi connectivity index (χ2n) is 7.03. The highest BCUT2D eigenvalue weighted by Gasteiger charge is 2.26. The van der Waals surface area contributed by atoms with Crippen molar-refractivity contribution in [1.82, 2.24) is 14.8 Å². The molecule has 0 bridgehead atoms. The number of aryl methyl sites for hydroxylation is 1. The second-order valence-corrected chi connectivity index (χ2v) is 7.03. The SMILES string of the molecule is CCn1nccc1Nc1nc(C(C)C)c(C(=O)OC)c(-c2ccc(F)cc2)c1C. The summed E-state index contributed by atoms with van der Waals surface area (Å²) in [7, 11) is 1.35. The highest BCUT2D eigenvalue weighted by atomic mass is 19.1. The number of esters is 1. The third-order valence-corrected chi connectivity index (χ3v) is 4.80. The zero-order chi connectivity index (χ0) is 21.1. The molecule has 0 aliphatic carbocycles. The van der Waals surface area contributed by atoms with Crippen molar-refractivity contribution in [2.75, 3.05) is 12.4 Å². The van der Waals surface area contributed by atoms with Gasteiger partial charge in [-0.25, -0.2) is 18.9 Å². The molecule has 0 spiro atoms. The Labute approximate surface area is 169 Å². The van der Waals surface area contributed by atoms with Crippen LogP contribution in [0.3, 0.4) is 0 Å². The van der Waals surface area contributed by atoms with Gasteiger partial charge < -0.3 is 10.1 Å². The summed E-state index contributed by atoms with van der Waals surface area (Å²) < 4.78 is 20.4. The molecule has 7 heteroatoms. The number of carbonyl (C=O) groups is 1. The van der Waals surface area contributed by atoms with Gasteiger partial charge in [-0.2, -0.15) is 5.10 Å². The maximum atomic E-state index is 13.5. The Kier molecular flexibility index (Phi) is 5.96. The summed E-state index contributed by atoms with van der Waals surface area (Å²) in [5.74, 6) is 0.591. The van der Waals surface area contributed by atoms with E-state index in [-0.39, 0.29) is 11.7 Å². The number of aromatic nitrogens is 3. The molecule has 0 fully saturated rings. The number of benzene rings is 1. The van der Waals surface area contributed by atoms with Crippen molar-refractivity contribution in [3.05, 3.63) is 59.2 Å². The summed E-state index contributed by atoms with van der Waals surface area (Å²) in [5.41, 5.74) is 3.19. The quantitative estimate of drug-likeness (QED) is 0.590. The first-order valence-electron chi connectivity index (χ1n) is 9.54. The van der Waals surface area contributed by atoms with Crippen molar-refractivity contribution < 1.29 is 13.9 Å². The van der Waals surface area contributed by atoms with Gasteiger partial charge in [-0.05, 0) is 37.5 Å². The van der Waals surface area contributed by atoms with Crippen molar-refractivity contribution in [2.24, 2.45) is 0 Å². The van der Waals surface area contributed by atoms with E-state index in [2.05, 4.69) is 10.4 Å². The summed E-state index contributed by atoms with van der Waals surface area (Å²) in [6.07, 6.45) is 1.72. The van der Waals surface area contributed by atoms with E-state index in [1.54, 1.807) is 18.3 Å². The number of carbonyl (C=O) groups excluding carboxylic acids is 1. The monoisotopic (exact) mass is 396 g/mol. The van der Waals surface area contributed by atoms with Gasteiger partial charge in [-0.3, -0.25) is 0 Å². The fourth-order valence-electron chi connectivity index (χ4n) is 3.33. The van der Waals surface area contributed by atoms with E-state index in [0.29, 0.717) is 29.2 Å². The van der Waals surface area contributed by atoms with Crippen LogP contribution in [0.4, 0.5) is 16.0 Å². The van der Waals surface area contributed by atoms with Crippen LogP contribution in [0.25, 0.3) is 11.1 Å². The predicted molar refractivity (Wildman–Crippen MR) is 111 cm³/mol. The lowest BCUT2D eigenvalue weighted by Crippen LogP contribution is -2.15. The van der Waals surface area contributed by atoms with E-state index in [1.807, 2.05) is 38.4 Å². The van der Waals surface area contributed by atoms with Crippen LogP contribution >= 0.6 is 0 Å². The number of halogens is 1. The first-order chi connectivity index (χ1) is 13.9. The molecule has 1 aromatic carbocycles. The van der Waals surface area contributed by atoms with Crippen LogP contribution in [-0.4, -0.2) is 27.8 Å². The Morgan fingerprint density at radius 3 is 2.52 bits per heavy atom. The predicted octanol–water partition coefficient (Wildman–Crippen LogP) is 5.07. The molecular formula is C22H25FN4O2. The molecule has 29 heavy (non-hydrogen) atoms. The molecule has 152 valence electrons. The fourth-order valence-corrected chi connectivity index (χ4v) is 3.33. The summed E-state index contributed by atoms with van der Waals surface area (Å²) in [4.78, 5) is 17.5. The van der Waals surface area contributed by atoms with Crippen LogP contribution < -0.4 is 5.32 Å². The van der Waals surface area contributed by atoms with Crippen LogP contribution in [0.15, 0.2) is 36.5 Å². The Hall–Kier alpha value is -3.22. The molecular weight excluding hydrogens is 371 g/mol. The number of pyridine rings is 1. The number of hydrogen-bond donors (Lipinski definition) is 1. The minimum Gasteiger partial charge on any atom is -0.465 e. The van der Waals surface area contributed by atoms with E-state index in [9.17, 15) is 9.18 Å². The molecule has 0 atom stereocenters. The molecule has 0 saturated carbocycles. The molecule has 2 heterocycles. The van der Waals surface area contributed by atoms with Crippen molar-refractivity contribution in [2.45, 2.75) is 40.2 Å². The molecule has 0 unspecified atom stereocenters. The average Bonchev–Trinajstić information content (AvgIpc) is 3.16. The maximum Gasteiger partial charge on any atom is 0.340 e. The number of nitrogens with one attached hydrogen (secondary N) is 1. The zero-order valence-corrected chi connectivity index (χ0v) is 17.3. The number of ether oxygens (including phenoxy) is 1. The van der Waals surface area contributed by atoms with Gasteiger partial charge in [0.25, 0.3) is 0 Å². The average molecular weight is 396 g/mol. The van der Waals surface area contributed by atoms with E-state index in [0.717, 1.165) is 16.9 Å². The lowest BCUT2D eigenvalue weighted by molar-refractivity contribution is 0.0599. The normalized spacial score (nSPS) is 11.0. The molecule has 0 aliphatic rings. The number of anilines is 2. The van der Waals surface area contributed by atoms with Gasteiger partial charge in [0.1, 0.15) is 17.5 Å². The minimum atomic E-state index is -0.464. The first-order valence-corrected chi connectivity index (χ1v) is 9.54. The van der Waals surface area contributed by atoms with E-state index in [1.165, 1.54) is 19.2 Å². The number of nitrogens with zero attached hydrogens (tertiary/aromatic N) is 3. The standard InChI is InChI=1S/C22H25FN4O2/c1-6-27-17(11-12-24-27)25-21-14(4)18(15-7-9-16(23)10-8-15)19(22(28)29-5)20(26-21)13(2)3/h7-13H,6H2,1-5H3,(H,25,26). The molecule has 3 rings (SSSR count). The number of methoxy groups -OCH3 is 1. The second kappa shape index (κ2) is 8.43. The van der Waals surface area contributed by atoms with Crippen molar-refractivity contribution in [3.63, 3.8) is 0 Å². The van der Waals surface area contributed by atoms with Gasteiger partial charge in [0, 0.05) is 23.7 Å². The van der Waals surface area contributed by atoms with Crippen molar-refractivity contribution in [3.8, 4) is 11.1 Å². The molecule has 0 radical (unpaired) electrons. The smallest absolute Gasteiger partial charge is 0.340 e. The van der Waals surface area contributed by atoms with E-state index < -0.39 is 5.97 Å². The summed E-state index contributed by atoms with van der Waals surface area (Å²) in [6, 6.07) is 7.95. The largest absolute Gasteiger partial charge is 0.465 e. The van der Waals surface area contributed by atoms with Crippen LogP contribution in [-0.2, 0) is 11.3 Å². The molecule has 3 aromatic rings. The van der Waals surface area contributed by atoms with Crippen molar-refractivity contribution >= 4 is 17.6 Å². The topological polar surface area (TPSA) is 69.0 Å². The lowest BCUT2D eigenvalue weighted by Gasteiger charge is -2.21. The zero-order valence-electron chi connectivity index (χ0n) is 17.3. The lowest BCUT2D eigenvalue weighted by atomic mass is 9.91. The van der Waals surface area contributed by atoms with Gasteiger partial charge in [0.2, 0.25) is 0 Å². The third-order valence-electron chi connectivity index (χ3n) is 4.80. The van der Waals surface area contributed by atoms with Gasteiger partial charge in [0.05, 0.1) is 24.6 Å². The first kappa shape index (κ1) is 20.5. The number of rotatable bonds is 6. The van der Waals surface area contributed by atoms with E-state index >= 15 is 0 Å². The van der Waals surface area contributed by atoms with Gasteiger partial charge in [0.15, 0.2) is 0 Å². The Morgan fingerprint density at radius 1 is 1.24 bits per heavy atom. The molecule has 2 aromatic heterocycles. The number of hydrogen-bond acceptors (Lipinski definition) is 5. The fraction of sp³-hybridized carbons (Fsp3) is 0.318. The van der Waals surface area contributed by atoms with Crippen molar-refractivity contribution in [1.29, 1.82) is 0 Å².